The van der Waals surface area contributed by atoms with Gasteiger partial charge in [-0.2, -0.15) is 0 Å². The van der Waals surface area contributed by atoms with Crippen molar-refractivity contribution in [3.8, 4) is 28.7 Å². The van der Waals surface area contributed by atoms with Gasteiger partial charge in [0.2, 0.25) is 12.6 Å². The molecule has 0 radical (unpaired) electrons. The second kappa shape index (κ2) is 16.2. The minimum Gasteiger partial charge on any atom is -0.508 e. The van der Waals surface area contributed by atoms with Crippen molar-refractivity contribution >= 4 is 6.08 Å². The number of phenolic OH excluding ortho intramolecular Hbond substituents is 3. The monoisotopic (exact) mass is 774 g/mol. The molecule has 2 aromatic rings. The van der Waals surface area contributed by atoms with Crippen LogP contribution in [-0.4, -0.2) is 183 Å². The highest BCUT2D eigenvalue weighted by Gasteiger charge is 2.52. The maximum absolute atomic E-state index is 11.2. The summed E-state index contributed by atoms with van der Waals surface area (Å²) in [6.07, 6.45) is -26.5. The Hall–Kier alpha value is -3.62. The standard InChI is InChI=1S/C33H42O21/c34-7-18-21(40)24(43)27(46)31(51-18)49-16-5-11(37)4-15-12(16)6-17(29(48-15)10-1-2-13(38)14(39)3-10)50-33-30(26(45)23(42)20(9-36)53-33)54-32-28(47)25(44)22(41)19(8-35)52-32/h1-6,18-47H,7-9H2. The highest BCUT2D eigenvalue weighted by Crippen LogP contribution is 2.47. The molecule has 0 bridgehead atoms. The van der Waals surface area contributed by atoms with Crippen molar-refractivity contribution in [1.82, 2.24) is 0 Å². The Kier molecular flexibility index (Phi) is 12.0. The molecule has 16 atom stereocenters. The maximum atomic E-state index is 11.2. The fraction of sp³-hybridized carbons (Fsp3) is 0.576. The molecule has 14 N–H and O–H groups in total. The zero-order valence-corrected chi connectivity index (χ0v) is 27.9. The fourth-order valence-corrected chi connectivity index (χ4v) is 6.41. The lowest BCUT2D eigenvalue weighted by Gasteiger charge is -2.46. The molecule has 300 valence electrons. The number of fused-ring (bicyclic) bond motifs is 1. The third-order valence-corrected chi connectivity index (χ3v) is 9.49. The molecule has 21 nitrogen and oxygen atoms in total. The molecule has 0 spiro atoms. The van der Waals surface area contributed by atoms with E-state index in [2.05, 4.69) is 0 Å². The van der Waals surface area contributed by atoms with E-state index < -0.39 is 135 Å². The van der Waals surface area contributed by atoms with Gasteiger partial charge in [0.25, 0.3) is 0 Å². The Morgan fingerprint density at radius 3 is 1.70 bits per heavy atom. The van der Waals surface area contributed by atoms with Crippen molar-refractivity contribution in [2.45, 2.75) is 98.2 Å². The molecule has 0 amide bonds. The number of hydrogen-bond donors (Lipinski definition) is 14. The van der Waals surface area contributed by atoms with Crippen molar-refractivity contribution < 1.29 is 105 Å². The first kappa shape index (κ1) is 40.1. The summed E-state index contributed by atoms with van der Waals surface area (Å²) in [4.78, 5) is 0. The number of rotatable bonds is 10. The number of hydrogen-bond acceptors (Lipinski definition) is 21. The zero-order chi connectivity index (χ0) is 39.2. The molecule has 2 aromatic carbocycles. The van der Waals surface area contributed by atoms with Crippen molar-refractivity contribution in [2.75, 3.05) is 19.8 Å². The summed E-state index contributed by atoms with van der Waals surface area (Å²) in [7, 11) is 0. The number of aliphatic hydroxyl groups is 11. The molecule has 21 heteroatoms. The molecule has 0 aromatic heterocycles. The Labute approximate surface area is 304 Å². The van der Waals surface area contributed by atoms with Gasteiger partial charge in [-0.3, -0.25) is 0 Å². The van der Waals surface area contributed by atoms with Gasteiger partial charge in [0.15, 0.2) is 30.0 Å². The topological polar surface area (TPSA) is 348 Å². The lowest BCUT2D eigenvalue weighted by Crippen LogP contribution is -2.64. The molecule has 6 rings (SSSR count). The van der Waals surface area contributed by atoms with E-state index in [-0.39, 0.29) is 28.4 Å². The number of aromatic hydroxyl groups is 3. The molecule has 3 fully saturated rings. The van der Waals surface area contributed by atoms with E-state index in [1.165, 1.54) is 12.1 Å². The van der Waals surface area contributed by atoms with Crippen LogP contribution in [0.4, 0.5) is 0 Å². The van der Waals surface area contributed by atoms with Gasteiger partial charge in [0, 0.05) is 17.7 Å². The van der Waals surface area contributed by atoms with Crippen molar-refractivity contribution in [3.63, 3.8) is 0 Å². The molecular weight excluding hydrogens is 732 g/mol. The van der Waals surface area contributed by atoms with Gasteiger partial charge in [-0.05, 0) is 18.2 Å². The van der Waals surface area contributed by atoms with Crippen LogP contribution in [0.3, 0.4) is 0 Å². The van der Waals surface area contributed by atoms with E-state index in [0.29, 0.717) is 0 Å². The third-order valence-electron chi connectivity index (χ3n) is 9.49. The molecule has 3 saturated heterocycles. The largest absolute Gasteiger partial charge is 0.508 e. The summed E-state index contributed by atoms with van der Waals surface area (Å²) in [5.74, 6) is -2.16. The third kappa shape index (κ3) is 7.62. The molecular formula is C33H42O21. The van der Waals surface area contributed by atoms with Crippen molar-refractivity contribution in [3.05, 3.63) is 47.2 Å². The van der Waals surface area contributed by atoms with Gasteiger partial charge in [0.05, 0.1) is 25.4 Å². The number of benzene rings is 2. The smallest absolute Gasteiger partial charge is 0.229 e. The average molecular weight is 775 g/mol. The van der Waals surface area contributed by atoms with Gasteiger partial charge in [-0.1, -0.05) is 6.07 Å². The van der Waals surface area contributed by atoms with Crippen LogP contribution in [0, 0.1) is 0 Å². The number of aliphatic hydroxyl groups excluding tert-OH is 11. The minimum absolute atomic E-state index is 0.0273. The summed E-state index contributed by atoms with van der Waals surface area (Å²) >= 11 is 0. The lowest BCUT2D eigenvalue weighted by atomic mass is 9.97. The quantitative estimate of drug-likeness (QED) is 0.101. The van der Waals surface area contributed by atoms with E-state index in [0.717, 1.165) is 24.3 Å². The van der Waals surface area contributed by atoms with E-state index in [9.17, 15) is 71.5 Å². The normalized spacial score (nSPS) is 39.6. The summed E-state index contributed by atoms with van der Waals surface area (Å²) in [6.45, 7) is -2.44. The van der Waals surface area contributed by atoms with Crippen LogP contribution < -0.4 is 9.47 Å². The highest BCUT2D eigenvalue weighted by atomic mass is 16.8. The van der Waals surface area contributed by atoms with E-state index in [1.54, 1.807) is 0 Å². The van der Waals surface area contributed by atoms with Gasteiger partial charge in [-0.15, -0.1) is 0 Å². The second-order valence-corrected chi connectivity index (χ2v) is 13.1. The van der Waals surface area contributed by atoms with E-state index >= 15 is 0 Å². The van der Waals surface area contributed by atoms with Crippen molar-refractivity contribution in [2.24, 2.45) is 0 Å². The first-order valence-corrected chi connectivity index (χ1v) is 16.7. The Morgan fingerprint density at radius 1 is 0.556 bits per heavy atom. The Bertz CT molecular complexity index is 1640. The zero-order valence-electron chi connectivity index (χ0n) is 27.9. The molecule has 4 aliphatic rings. The van der Waals surface area contributed by atoms with Gasteiger partial charge < -0.3 is 105 Å². The van der Waals surface area contributed by atoms with Gasteiger partial charge in [-0.25, -0.2) is 0 Å². The van der Waals surface area contributed by atoms with Crippen LogP contribution in [0.25, 0.3) is 6.08 Å². The lowest BCUT2D eigenvalue weighted by molar-refractivity contribution is -0.364. The summed E-state index contributed by atoms with van der Waals surface area (Å²) in [5.41, 5.74) is 0.0870. The summed E-state index contributed by atoms with van der Waals surface area (Å²) < 4.78 is 40.6. The Balaban J connectivity index is 1.40. The van der Waals surface area contributed by atoms with Crippen LogP contribution >= 0.6 is 0 Å². The summed E-state index contributed by atoms with van der Waals surface area (Å²) in [5, 5.41) is 144. The minimum atomic E-state index is -1.96. The maximum Gasteiger partial charge on any atom is 0.229 e. The van der Waals surface area contributed by atoms with Crippen molar-refractivity contribution in [1.29, 1.82) is 0 Å². The molecule has 54 heavy (non-hydrogen) atoms. The first-order valence-electron chi connectivity index (χ1n) is 16.7. The average Bonchev–Trinajstić information content (AvgIpc) is 3.15. The highest BCUT2D eigenvalue weighted by molar-refractivity contribution is 5.70. The van der Waals surface area contributed by atoms with Crippen LogP contribution in [0.5, 0.6) is 28.7 Å². The van der Waals surface area contributed by atoms with E-state index in [4.69, 9.17) is 33.2 Å². The van der Waals surface area contributed by atoms with E-state index in [1.807, 2.05) is 0 Å². The second-order valence-electron chi connectivity index (χ2n) is 13.1. The molecule has 4 aliphatic heterocycles. The molecule has 0 saturated carbocycles. The fourth-order valence-electron chi connectivity index (χ4n) is 6.41. The summed E-state index contributed by atoms with van der Waals surface area (Å²) in [6, 6.07) is 5.78. The SMILES string of the molecule is OCC1OC(Oc2cc(O)cc3c2C=C(OC2OC(CO)C(O)C(O)C2OC2OC(CO)C(O)C(O)C2O)C(c2ccc(O)c(O)c2)O3)C(O)C(O)C1O. The predicted octanol–water partition coefficient (Wildman–Crippen LogP) is -4.90. The number of phenols is 3. The molecule has 4 heterocycles. The molecule has 16 unspecified atom stereocenters. The molecule has 0 aliphatic carbocycles. The van der Waals surface area contributed by atoms with Gasteiger partial charge >= 0.3 is 0 Å². The predicted molar refractivity (Wildman–Crippen MR) is 171 cm³/mol. The first-order chi connectivity index (χ1) is 25.7. The van der Waals surface area contributed by atoms with Crippen LogP contribution in [0.15, 0.2) is 36.1 Å². The Morgan fingerprint density at radius 2 is 1.11 bits per heavy atom. The van der Waals surface area contributed by atoms with Crippen LogP contribution in [0.2, 0.25) is 0 Å². The van der Waals surface area contributed by atoms with Crippen LogP contribution in [0.1, 0.15) is 17.2 Å². The number of ether oxygens (including phenoxy) is 7. The van der Waals surface area contributed by atoms with Crippen LogP contribution in [-0.2, 0) is 23.7 Å². The van der Waals surface area contributed by atoms with Gasteiger partial charge in [0.1, 0.15) is 90.2 Å².